The summed E-state index contributed by atoms with van der Waals surface area (Å²) in [4.78, 5) is 29.5. The summed E-state index contributed by atoms with van der Waals surface area (Å²) in [5.41, 5.74) is 1.59. The van der Waals surface area contributed by atoms with Crippen molar-refractivity contribution < 1.29 is 9.72 Å². The van der Waals surface area contributed by atoms with Crippen LogP contribution in [0.5, 0.6) is 0 Å². The van der Waals surface area contributed by atoms with Gasteiger partial charge in [-0.1, -0.05) is 0 Å². The topological polar surface area (TPSA) is 82.5 Å². The van der Waals surface area contributed by atoms with Crippen LogP contribution in [0.1, 0.15) is 10.5 Å². The van der Waals surface area contributed by atoms with Gasteiger partial charge in [0.25, 0.3) is 11.6 Å². The normalized spacial score (nSPS) is 14.8. The number of benzene rings is 1. The predicted molar refractivity (Wildman–Crippen MR) is 89.7 cm³/mol. The van der Waals surface area contributed by atoms with Gasteiger partial charge in [0.15, 0.2) is 0 Å². The fourth-order valence-corrected chi connectivity index (χ4v) is 2.96. The van der Waals surface area contributed by atoms with Crippen molar-refractivity contribution in [2.24, 2.45) is 0 Å². The number of anilines is 1. The van der Waals surface area contributed by atoms with Crippen molar-refractivity contribution in [2.75, 3.05) is 31.1 Å². The molecule has 0 saturated carbocycles. The third kappa shape index (κ3) is 3.37. The fraction of sp³-hybridized carbons (Fsp3) is 0.267. The standard InChI is InChI=1S/C15H15BrN4O3/c16-11-9-14(17-10-11)15(21)19-7-5-18(6-8-19)12-1-3-13(4-2-12)20(22)23/h1-4,9-10,17H,5-8H2. The van der Waals surface area contributed by atoms with Gasteiger partial charge in [0.2, 0.25) is 0 Å². The van der Waals surface area contributed by atoms with Crippen LogP contribution in [0.25, 0.3) is 0 Å². The number of hydrogen-bond donors (Lipinski definition) is 1. The monoisotopic (exact) mass is 378 g/mol. The predicted octanol–water partition coefficient (Wildman–Crippen LogP) is 2.65. The summed E-state index contributed by atoms with van der Waals surface area (Å²) < 4.78 is 0.852. The number of carbonyl (C=O) groups is 1. The molecule has 23 heavy (non-hydrogen) atoms. The molecule has 0 unspecified atom stereocenters. The molecule has 1 aliphatic heterocycles. The zero-order chi connectivity index (χ0) is 16.4. The van der Waals surface area contributed by atoms with E-state index in [1.165, 1.54) is 12.1 Å². The van der Waals surface area contributed by atoms with Gasteiger partial charge < -0.3 is 14.8 Å². The van der Waals surface area contributed by atoms with Crippen LogP contribution < -0.4 is 4.90 Å². The van der Waals surface area contributed by atoms with Gasteiger partial charge >= 0.3 is 0 Å². The number of piperazine rings is 1. The largest absolute Gasteiger partial charge is 0.368 e. The third-order valence-corrected chi connectivity index (χ3v) is 4.33. The van der Waals surface area contributed by atoms with Crippen LogP contribution in [-0.2, 0) is 0 Å². The zero-order valence-corrected chi connectivity index (χ0v) is 13.8. The van der Waals surface area contributed by atoms with E-state index in [4.69, 9.17) is 0 Å². The molecule has 0 aliphatic carbocycles. The molecule has 0 bridgehead atoms. The molecule has 7 nitrogen and oxygen atoms in total. The molecule has 0 spiro atoms. The second-order valence-corrected chi connectivity index (χ2v) is 6.20. The van der Waals surface area contributed by atoms with E-state index < -0.39 is 4.92 Å². The first-order valence-corrected chi connectivity index (χ1v) is 7.96. The molecule has 1 amide bonds. The van der Waals surface area contributed by atoms with E-state index in [0.29, 0.717) is 31.9 Å². The maximum absolute atomic E-state index is 12.4. The number of H-pyrrole nitrogens is 1. The van der Waals surface area contributed by atoms with Crippen molar-refractivity contribution in [2.45, 2.75) is 0 Å². The average Bonchev–Trinajstić information content (AvgIpc) is 3.01. The van der Waals surface area contributed by atoms with E-state index >= 15 is 0 Å². The van der Waals surface area contributed by atoms with E-state index in [1.807, 2.05) is 0 Å². The summed E-state index contributed by atoms with van der Waals surface area (Å²) >= 11 is 3.32. The molecule has 2 aromatic rings. The summed E-state index contributed by atoms with van der Waals surface area (Å²) in [6.07, 6.45) is 1.74. The minimum atomic E-state index is -0.408. The second-order valence-electron chi connectivity index (χ2n) is 5.28. The number of amides is 1. The van der Waals surface area contributed by atoms with Crippen LogP contribution in [-0.4, -0.2) is 46.9 Å². The highest BCUT2D eigenvalue weighted by atomic mass is 79.9. The lowest BCUT2D eigenvalue weighted by Gasteiger charge is -2.35. The number of aromatic nitrogens is 1. The van der Waals surface area contributed by atoms with Gasteiger partial charge in [-0.05, 0) is 34.1 Å². The number of rotatable bonds is 3. The maximum atomic E-state index is 12.4. The lowest BCUT2D eigenvalue weighted by molar-refractivity contribution is -0.384. The van der Waals surface area contributed by atoms with Crippen LogP contribution in [0.3, 0.4) is 0 Å². The number of hydrogen-bond acceptors (Lipinski definition) is 4. The summed E-state index contributed by atoms with van der Waals surface area (Å²) in [6, 6.07) is 8.27. The molecule has 2 heterocycles. The Morgan fingerprint density at radius 3 is 2.35 bits per heavy atom. The number of aromatic amines is 1. The molecular formula is C15H15BrN4O3. The Morgan fingerprint density at radius 2 is 1.83 bits per heavy atom. The Hall–Kier alpha value is -2.35. The lowest BCUT2D eigenvalue weighted by atomic mass is 10.2. The summed E-state index contributed by atoms with van der Waals surface area (Å²) in [6.45, 7) is 2.63. The van der Waals surface area contributed by atoms with Crippen molar-refractivity contribution in [3.8, 4) is 0 Å². The van der Waals surface area contributed by atoms with E-state index in [-0.39, 0.29) is 11.6 Å². The first kappa shape index (κ1) is 15.5. The molecule has 3 rings (SSSR count). The Labute approximate surface area is 141 Å². The van der Waals surface area contributed by atoms with Crippen LogP contribution in [0.4, 0.5) is 11.4 Å². The molecule has 0 atom stereocenters. The van der Waals surface area contributed by atoms with Crippen molar-refractivity contribution in [1.29, 1.82) is 0 Å². The Balaban J connectivity index is 1.61. The number of nitro benzene ring substituents is 1. The van der Waals surface area contributed by atoms with Crippen molar-refractivity contribution >= 4 is 33.2 Å². The van der Waals surface area contributed by atoms with Crippen LogP contribution in [0.2, 0.25) is 0 Å². The van der Waals surface area contributed by atoms with Gasteiger partial charge in [-0.3, -0.25) is 14.9 Å². The van der Waals surface area contributed by atoms with Gasteiger partial charge in [-0.25, -0.2) is 0 Å². The highest BCUT2D eigenvalue weighted by molar-refractivity contribution is 9.10. The molecule has 1 saturated heterocycles. The molecule has 1 aliphatic rings. The van der Waals surface area contributed by atoms with Crippen LogP contribution in [0.15, 0.2) is 41.0 Å². The number of carbonyl (C=O) groups excluding carboxylic acids is 1. The van der Waals surface area contributed by atoms with Gasteiger partial charge in [0.05, 0.1) is 4.92 Å². The van der Waals surface area contributed by atoms with Crippen LogP contribution in [0, 0.1) is 10.1 Å². The molecule has 0 radical (unpaired) electrons. The van der Waals surface area contributed by atoms with E-state index in [2.05, 4.69) is 25.8 Å². The van der Waals surface area contributed by atoms with Gasteiger partial charge in [-0.15, -0.1) is 0 Å². The minimum absolute atomic E-state index is 0.0148. The minimum Gasteiger partial charge on any atom is -0.368 e. The van der Waals surface area contributed by atoms with Crippen molar-refractivity contribution in [1.82, 2.24) is 9.88 Å². The summed E-state index contributed by atoms with van der Waals surface area (Å²) in [5, 5.41) is 10.7. The Bertz CT molecular complexity index is 721. The van der Waals surface area contributed by atoms with E-state index in [9.17, 15) is 14.9 Å². The molecule has 8 heteroatoms. The van der Waals surface area contributed by atoms with Gasteiger partial charge in [0, 0.05) is 54.7 Å². The number of nitro groups is 1. The molecule has 1 aromatic heterocycles. The number of non-ortho nitro benzene ring substituents is 1. The number of nitrogens with one attached hydrogen (secondary N) is 1. The molecule has 1 N–H and O–H groups in total. The Morgan fingerprint density at radius 1 is 1.17 bits per heavy atom. The van der Waals surface area contributed by atoms with E-state index in [0.717, 1.165) is 10.2 Å². The molecule has 120 valence electrons. The average molecular weight is 379 g/mol. The summed E-state index contributed by atoms with van der Waals surface area (Å²) in [5.74, 6) is -0.0148. The van der Waals surface area contributed by atoms with Gasteiger partial charge in [0.1, 0.15) is 5.69 Å². The van der Waals surface area contributed by atoms with Gasteiger partial charge in [-0.2, -0.15) is 0 Å². The van der Waals surface area contributed by atoms with E-state index in [1.54, 1.807) is 29.3 Å². The molecular weight excluding hydrogens is 364 g/mol. The van der Waals surface area contributed by atoms with Crippen molar-refractivity contribution in [3.05, 3.63) is 56.8 Å². The Kier molecular flexibility index (Phi) is 4.33. The van der Waals surface area contributed by atoms with Crippen LogP contribution >= 0.6 is 15.9 Å². The lowest BCUT2D eigenvalue weighted by Crippen LogP contribution is -2.48. The molecule has 1 fully saturated rings. The highest BCUT2D eigenvalue weighted by Crippen LogP contribution is 2.21. The SMILES string of the molecule is O=C(c1cc(Br)c[nH]1)N1CCN(c2ccc([N+](=O)[O-])cc2)CC1. The maximum Gasteiger partial charge on any atom is 0.270 e. The van der Waals surface area contributed by atoms with Crippen molar-refractivity contribution in [3.63, 3.8) is 0 Å². The number of nitrogens with zero attached hydrogens (tertiary/aromatic N) is 3. The fourth-order valence-electron chi connectivity index (χ4n) is 2.61. The zero-order valence-electron chi connectivity index (χ0n) is 12.2. The number of halogens is 1. The first-order chi connectivity index (χ1) is 11.0. The quantitative estimate of drug-likeness (QED) is 0.657. The second kappa shape index (κ2) is 6.41. The third-order valence-electron chi connectivity index (χ3n) is 3.87. The smallest absolute Gasteiger partial charge is 0.270 e. The summed E-state index contributed by atoms with van der Waals surface area (Å²) in [7, 11) is 0. The molecule has 1 aromatic carbocycles. The first-order valence-electron chi connectivity index (χ1n) is 7.17. The highest BCUT2D eigenvalue weighted by Gasteiger charge is 2.23.